The number of hydrogen-bond acceptors (Lipinski definition) is 3. The SMILES string of the molecule is Cc1ccc(OCCCC(=O)N2CC[C@H](N)C2)cc1C. The Bertz CT molecular complexity index is 474. The Kier molecular flexibility index (Phi) is 5.01. The van der Waals surface area contributed by atoms with Crippen molar-refractivity contribution in [1.82, 2.24) is 4.90 Å². The molecule has 0 bridgehead atoms. The highest BCUT2D eigenvalue weighted by molar-refractivity contribution is 5.76. The molecule has 1 aliphatic rings. The van der Waals surface area contributed by atoms with Crippen molar-refractivity contribution < 1.29 is 9.53 Å². The number of hydrogen-bond donors (Lipinski definition) is 1. The van der Waals surface area contributed by atoms with E-state index in [9.17, 15) is 4.79 Å². The van der Waals surface area contributed by atoms with E-state index in [1.54, 1.807) is 0 Å². The maximum atomic E-state index is 11.9. The average molecular weight is 276 g/mol. The zero-order valence-corrected chi connectivity index (χ0v) is 12.4. The van der Waals surface area contributed by atoms with E-state index in [0.717, 1.165) is 25.1 Å². The van der Waals surface area contributed by atoms with Crippen LogP contribution in [0, 0.1) is 13.8 Å². The lowest BCUT2D eigenvalue weighted by atomic mass is 10.1. The molecule has 1 amide bonds. The predicted molar refractivity (Wildman–Crippen MR) is 79.8 cm³/mol. The summed E-state index contributed by atoms with van der Waals surface area (Å²) in [5.41, 5.74) is 8.29. The molecule has 20 heavy (non-hydrogen) atoms. The number of nitrogens with two attached hydrogens (primary N) is 1. The minimum Gasteiger partial charge on any atom is -0.494 e. The summed E-state index contributed by atoms with van der Waals surface area (Å²) >= 11 is 0. The standard InChI is InChI=1S/C16H24N2O2/c1-12-5-6-15(10-13(12)2)20-9-3-4-16(19)18-8-7-14(17)11-18/h5-6,10,14H,3-4,7-9,11,17H2,1-2H3/t14-/m0/s1. The van der Waals surface area contributed by atoms with Gasteiger partial charge in [0.25, 0.3) is 0 Å². The summed E-state index contributed by atoms with van der Waals surface area (Å²) in [5.74, 6) is 1.07. The first-order valence-corrected chi connectivity index (χ1v) is 7.29. The molecule has 1 aromatic carbocycles. The fourth-order valence-electron chi connectivity index (χ4n) is 2.39. The van der Waals surface area contributed by atoms with Crippen LogP contribution < -0.4 is 10.5 Å². The lowest BCUT2D eigenvalue weighted by Crippen LogP contribution is -2.31. The van der Waals surface area contributed by atoms with Gasteiger partial charge < -0.3 is 15.4 Å². The Morgan fingerprint density at radius 3 is 2.85 bits per heavy atom. The Morgan fingerprint density at radius 2 is 2.20 bits per heavy atom. The molecule has 1 aromatic rings. The summed E-state index contributed by atoms with van der Waals surface area (Å²) in [6.07, 6.45) is 2.21. The van der Waals surface area contributed by atoms with Gasteiger partial charge in [-0.2, -0.15) is 0 Å². The van der Waals surface area contributed by atoms with E-state index in [1.165, 1.54) is 11.1 Å². The molecule has 2 rings (SSSR count). The molecule has 0 spiro atoms. The third kappa shape index (κ3) is 3.97. The van der Waals surface area contributed by atoms with Crippen LogP contribution >= 0.6 is 0 Å². The third-order valence-corrected chi connectivity index (χ3v) is 3.86. The molecule has 0 radical (unpaired) electrons. The van der Waals surface area contributed by atoms with Gasteiger partial charge in [-0.1, -0.05) is 6.07 Å². The molecule has 0 aliphatic carbocycles. The fourth-order valence-corrected chi connectivity index (χ4v) is 2.39. The molecular formula is C16H24N2O2. The Morgan fingerprint density at radius 1 is 1.40 bits per heavy atom. The van der Waals surface area contributed by atoms with Crippen molar-refractivity contribution in [1.29, 1.82) is 0 Å². The van der Waals surface area contributed by atoms with Crippen molar-refractivity contribution in [2.45, 2.75) is 39.2 Å². The molecule has 0 unspecified atom stereocenters. The topological polar surface area (TPSA) is 55.6 Å². The summed E-state index contributed by atoms with van der Waals surface area (Å²) in [5, 5.41) is 0. The van der Waals surface area contributed by atoms with Gasteiger partial charge in [0.15, 0.2) is 0 Å². The quantitative estimate of drug-likeness (QED) is 0.837. The maximum absolute atomic E-state index is 11.9. The van der Waals surface area contributed by atoms with Crippen molar-refractivity contribution in [3.63, 3.8) is 0 Å². The van der Waals surface area contributed by atoms with Gasteiger partial charge in [-0.15, -0.1) is 0 Å². The van der Waals surface area contributed by atoms with Gasteiger partial charge in [-0.3, -0.25) is 4.79 Å². The molecule has 110 valence electrons. The van der Waals surface area contributed by atoms with E-state index in [2.05, 4.69) is 19.9 Å². The molecule has 4 nitrogen and oxygen atoms in total. The van der Waals surface area contributed by atoms with Crippen LogP contribution in [0.2, 0.25) is 0 Å². The highest BCUT2D eigenvalue weighted by Gasteiger charge is 2.22. The lowest BCUT2D eigenvalue weighted by molar-refractivity contribution is -0.130. The number of likely N-dealkylation sites (tertiary alicyclic amines) is 1. The molecule has 1 saturated heterocycles. The van der Waals surface area contributed by atoms with Gasteiger partial charge in [0.1, 0.15) is 5.75 Å². The van der Waals surface area contributed by atoms with Crippen LogP contribution in [-0.4, -0.2) is 36.5 Å². The lowest BCUT2D eigenvalue weighted by Gasteiger charge is -2.15. The Balaban J connectivity index is 1.68. The summed E-state index contributed by atoms with van der Waals surface area (Å²) in [6, 6.07) is 6.23. The second-order valence-electron chi connectivity index (χ2n) is 5.59. The second-order valence-corrected chi connectivity index (χ2v) is 5.59. The second kappa shape index (κ2) is 6.75. The first-order chi connectivity index (χ1) is 9.56. The smallest absolute Gasteiger partial charge is 0.222 e. The number of ether oxygens (including phenoxy) is 1. The molecule has 0 aromatic heterocycles. The number of aryl methyl sites for hydroxylation is 2. The highest BCUT2D eigenvalue weighted by atomic mass is 16.5. The summed E-state index contributed by atoms with van der Waals surface area (Å²) in [7, 11) is 0. The monoisotopic (exact) mass is 276 g/mol. The minimum absolute atomic E-state index is 0.158. The van der Waals surface area contributed by atoms with E-state index in [0.29, 0.717) is 19.6 Å². The molecule has 0 saturated carbocycles. The molecule has 4 heteroatoms. The van der Waals surface area contributed by atoms with E-state index in [4.69, 9.17) is 10.5 Å². The molecule has 1 aliphatic heterocycles. The van der Waals surface area contributed by atoms with Crippen LogP contribution in [0.5, 0.6) is 5.75 Å². The first-order valence-electron chi connectivity index (χ1n) is 7.29. The number of rotatable bonds is 5. The van der Waals surface area contributed by atoms with Crippen LogP contribution in [-0.2, 0) is 4.79 Å². The zero-order chi connectivity index (χ0) is 14.5. The number of carbonyl (C=O) groups is 1. The van der Waals surface area contributed by atoms with Crippen LogP contribution in [0.3, 0.4) is 0 Å². The summed E-state index contributed by atoms with van der Waals surface area (Å²) < 4.78 is 5.68. The van der Waals surface area contributed by atoms with Gasteiger partial charge in [0.2, 0.25) is 5.91 Å². The van der Waals surface area contributed by atoms with Crippen LogP contribution in [0.25, 0.3) is 0 Å². The van der Waals surface area contributed by atoms with Gasteiger partial charge in [0, 0.05) is 25.6 Å². The van der Waals surface area contributed by atoms with Gasteiger partial charge in [-0.05, 0) is 49.9 Å². The highest BCUT2D eigenvalue weighted by Crippen LogP contribution is 2.17. The van der Waals surface area contributed by atoms with E-state index < -0.39 is 0 Å². The van der Waals surface area contributed by atoms with Crippen molar-refractivity contribution in [3.8, 4) is 5.75 Å². The van der Waals surface area contributed by atoms with Gasteiger partial charge in [0.05, 0.1) is 6.61 Å². The maximum Gasteiger partial charge on any atom is 0.222 e. The van der Waals surface area contributed by atoms with Crippen molar-refractivity contribution >= 4 is 5.91 Å². The predicted octanol–water partition coefficient (Wildman–Crippen LogP) is 2.02. The normalized spacial score (nSPS) is 18.4. The van der Waals surface area contributed by atoms with Gasteiger partial charge >= 0.3 is 0 Å². The third-order valence-electron chi connectivity index (χ3n) is 3.86. The molecule has 2 N–H and O–H groups in total. The number of carbonyl (C=O) groups excluding carboxylic acids is 1. The number of nitrogens with zero attached hydrogens (tertiary/aromatic N) is 1. The largest absolute Gasteiger partial charge is 0.494 e. The average Bonchev–Trinajstić information content (AvgIpc) is 2.85. The molecular weight excluding hydrogens is 252 g/mol. The Hall–Kier alpha value is -1.55. The van der Waals surface area contributed by atoms with Gasteiger partial charge in [-0.25, -0.2) is 0 Å². The number of amides is 1. The van der Waals surface area contributed by atoms with Crippen molar-refractivity contribution in [3.05, 3.63) is 29.3 Å². The summed E-state index contributed by atoms with van der Waals surface area (Å²) in [6.45, 7) is 6.24. The van der Waals surface area contributed by atoms with E-state index >= 15 is 0 Å². The summed E-state index contributed by atoms with van der Waals surface area (Å²) in [4.78, 5) is 13.8. The van der Waals surface area contributed by atoms with Crippen LogP contribution in [0.4, 0.5) is 0 Å². The van der Waals surface area contributed by atoms with E-state index in [-0.39, 0.29) is 11.9 Å². The molecule has 1 atom stereocenters. The van der Waals surface area contributed by atoms with Crippen LogP contribution in [0.1, 0.15) is 30.4 Å². The minimum atomic E-state index is 0.158. The zero-order valence-electron chi connectivity index (χ0n) is 12.4. The fraction of sp³-hybridized carbons (Fsp3) is 0.562. The molecule has 1 fully saturated rings. The van der Waals surface area contributed by atoms with E-state index in [1.807, 2.05) is 17.0 Å². The van der Waals surface area contributed by atoms with Crippen molar-refractivity contribution in [2.75, 3.05) is 19.7 Å². The first kappa shape index (κ1) is 14.9. The number of benzene rings is 1. The van der Waals surface area contributed by atoms with Crippen molar-refractivity contribution in [2.24, 2.45) is 5.73 Å². The Labute approximate surface area is 120 Å². The molecule has 1 heterocycles. The van der Waals surface area contributed by atoms with Crippen LogP contribution in [0.15, 0.2) is 18.2 Å².